The van der Waals surface area contributed by atoms with Crippen molar-refractivity contribution >= 4 is 11.8 Å². The third-order valence-corrected chi connectivity index (χ3v) is 4.90. The lowest BCUT2D eigenvalue weighted by molar-refractivity contribution is -0.141. The van der Waals surface area contributed by atoms with Gasteiger partial charge in [-0.25, -0.2) is 0 Å². The minimum Gasteiger partial charge on any atom is -0.391 e. The van der Waals surface area contributed by atoms with Crippen molar-refractivity contribution in [1.82, 2.24) is 10.2 Å². The summed E-state index contributed by atoms with van der Waals surface area (Å²) in [6.45, 7) is 6.67. The Hall–Kier alpha value is -1.10. The van der Waals surface area contributed by atoms with Crippen LogP contribution in [0.15, 0.2) is 0 Å². The molecule has 2 amide bonds. The number of hydrogen-bond acceptors (Lipinski definition) is 3. The first-order valence-electron chi connectivity index (χ1n) is 9.19. The number of amides is 2. The summed E-state index contributed by atoms with van der Waals surface area (Å²) in [5, 5.41) is 12.8. The van der Waals surface area contributed by atoms with Crippen LogP contribution in [0, 0.1) is 11.8 Å². The molecule has 0 bridgehead atoms. The minimum absolute atomic E-state index is 0.0413. The number of carbonyl (C=O) groups is 2. The molecular weight excluding hydrogens is 292 g/mol. The van der Waals surface area contributed by atoms with Crippen LogP contribution >= 0.6 is 0 Å². The molecule has 5 heteroatoms. The zero-order valence-corrected chi connectivity index (χ0v) is 14.8. The van der Waals surface area contributed by atoms with E-state index in [9.17, 15) is 14.7 Å². The quantitative estimate of drug-likeness (QED) is 0.786. The van der Waals surface area contributed by atoms with Crippen molar-refractivity contribution < 1.29 is 14.7 Å². The molecular formula is C18H32N2O3. The smallest absolute Gasteiger partial charge is 0.248 e. The van der Waals surface area contributed by atoms with E-state index >= 15 is 0 Å². The summed E-state index contributed by atoms with van der Waals surface area (Å²) in [4.78, 5) is 27.0. The van der Waals surface area contributed by atoms with E-state index in [1.54, 1.807) is 6.92 Å². The van der Waals surface area contributed by atoms with Crippen LogP contribution in [-0.4, -0.2) is 46.6 Å². The number of hydrogen-bond donors (Lipinski definition) is 2. The Bertz CT molecular complexity index is 418. The lowest BCUT2D eigenvalue weighted by Gasteiger charge is -2.35. The number of aliphatic hydroxyl groups excluding tert-OH is 1. The van der Waals surface area contributed by atoms with E-state index in [1.165, 1.54) is 0 Å². The molecule has 1 saturated carbocycles. The highest BCUT2D eigenvalue weighted by atomic mass is 16.3. The van der Waals surface area contributed by atoms with E-state index < -0.39 is 12.1 Å². The Morgan fingerprint density at radius 3 is 2.39 bits per heavy atom. The maximum Gasteiger partial charge on any atom is 0.248 e. The van der Waals surface area contributed by atoms with Crippen molar-refractivity contribution in [3.05, 3.63) is 0 Å². The number of nitrogens with zero attached hydrogens (tertiary/aromatic N) is 1. The first kappa shape index (κ1) is 18.2. The third-order valence-electron chi connectivity index (χ3n) is 4.90. The molecule has 0 radical (unpaired) electrons. The predicted molar refractivity (Wildman–Crippen MR) is 89.8 cm³/mol. The Balaban J connectivity index is 2.08. The molecule has 0 aromatic rings. The first-order chi connectivity index (χ1) is 10.9. The zero-order valence-electron chi connectivity index (χ0n) is 14.8. The molecule has 3 unspecified atom stereocenters. The van der Waals surface area contributed by atoms with E-state index in [0.717, 1.165) is 51.5 Å². The van der Waals surface area contributed by atoms with Crippen molar-refractivity contribution in [2.45, 2.75) is 83.9 Å². The second kappa shape index (κ2) is 8.13. The van der Waals surface area contributed by atoms with Crippen LogP contribution in [0.5, 0.6) is 0 Å². The van der Waals surface area contributed by atoms with Gasteiger partial charge < -0.3 is 15.3 Å². The van der Waals surface area contributed by atoms with Crippen LogP contribution in [0.1, 0.15) is 65.7 Å². The van der Waals surface area contributed by atoms with Crippen molar-refractivity contribution in [2.24, 2.45) is 11.8 Å². The van der Waals surface area contributed by atoms with Crippen LogP contribution < -0.4 is 5.32 Å². The molecule has 2 fully saturated rings. The Kier molecular flexibility index (Phi) is 6.45. The van der Waals surface area contributed by atoms with Gasteiger partial charge in [-0.3, -0.25) is 9.59 Å². The standard InChI is InChI=1S/C18H32N2O3/c1-12(2)11-15-7-5-4-6-10-20(15)18(23)16(13(3)21)19-17(22)14-8-9-14/h12-16,21H,4-11H2,1-3H3,(H,19,22). The summed E-state index contributed by atoms with van der Waals surface area (Å²) in [6, 6.07) is -0.583. The molecule has 1 aliphatic heterocycles. The van der Waals surface area contributed by atoms with Crippen molar-refractivity contribution in [2.75, 3.05) is 6.54 Å². The summed E-state index contributed by atoms with van der Waals surface area (Å²) < 4.78 is 0. The van der Waals surface area contributed by atoms with Gasteiger partial charge in [-0.15, -0.1) is 0 Å². The Labute approximate surface area is 139 Å². The Morgan fingerprint density at radius 1 is 1.13 bits per heavy atom. The van der Waals surface area contributed by atoms with Gasteiger partial charge in [0.1, 0.15) is 6.04 Å². The molecule has 2 rings (SSSR count). The predicted octanol–water partition coefficient (Wildman–Crippen LogP) is 2.08. The highest BCUT2D eigenvalue weighted by molar-refractivity contribution is 5.90. The van der Waals surface area contributed by atoms with E-state index in [1.807, 2.05) is 4.90 Å². The van der Waals surface area contributed by atoms with Crippen molar-refractivity contribution in [3.63, 3.8) is 0 Å². The monoisotopic (exact) mass is 324 g/mol. The number of aliphatic hydroxyl groups is 1. The molecule has 0 aromatic carbocycles. The average Bonchev–Trinajstić information content (AvgIpc) is 3.30. The van der Waals surface area contributed by atoms with Gasteiger partial charge in [0.2, 0.25) is 11.8 Å². The van der Waals surface area contributed by atoms with Gasteiger partial charge >= 0.3 is 0 Å². The second-order valence-corrected chi connectivity index (χ2v) is 7.67. The molecule has 23 heavy (non-hydrogen) atoms. The molecule has 0 spiro atoms. The number of likely N-dealkylation sites (tertiary alicyclic amines) is 1. The summed E-state index contributed by atoms with van der Waals surface area (Å²) in [5.74, 6) is 0.375. The fourth-order valence-corrected chi connectivity index (χ4v) is 3.44. The van der Waals surface area contributed by atoms with Crippen LogP contribution in [0.25, 0.3) is 0 Å². The molecule has 0 aromatic heterocycles. The van der Waals surface area contributed by atoms with Crippen LogP contribution in [-0.2, 0) is 9.59 Å². The number of nitrogens with one attached hydrogen (secondary N) is 1. The van der Waals surface area contributed by atoms with Crippen molar-refractivity contribution in [3.8, 4) is 0 Å². The lowest BCUT2D eigenvalue weighted by atomic mass is 9.97. The molecule has 5 nitrogen and oxygen atoms in total. The summed E-state index contributed by atoms with van der Waals surface area (Å²) in [7, 11) is 0. The molecule has 1 heterocycles. The molecule has 1 saturated heterocycles. The van der Waals surface area contributed by atoms with E-state index in [4.69, 9.17) is 0 Å². The summed E-state index contributed by atoms with van der Waals surface area (Å²) >= 11 is 0. The maximum atomic E-state index is 13.0. The highest BCUT2D eigenvalue weighted by Gasteiger charge is 2.37. The number of carbonyl (C=O) groups excluding carboxylic acids is 2. The second-order valence-electron chi connectivity index (χ2n) is 7.67. The van der Waals surface area contributed by atoms with Gasteiger partial charge in [0.15, 0.2) is 0 Å². The molecule has 3 atom stereocenters. The average molecular weight is 324 g/mol. The van der Waals surface area contributed by atoms with Gasteiger partial charge in [0.25, 0.3) is 0 Å². The molecule has 2 N–H and O–H groups in total. The fourth-order valence-electron chi connectivity index (χ4n) is 3.44. The zero-order chi connectivity index (χ0) is 17.0. The van der Waals surface area contributed by atoms with E-state index in [0.29, 0.717) is 5.92 Å². The lowest BCUT2D eigenvalue weighted by Crippen LogP contribution is -2.56. The topological polar surface area (TPSA) is 69.6 Å². The van der Waals surface area contributed by atoms with Crippen LogP contribution in [0.3, 0.4) is 0 Å². The van der Waals surface area contributed by atoms with Gasteiger partial charge in [0.05, 0.1) is 6.10 Å². The number of rotatable bonds is 6. The van der Waals surface area contributed by atoms with E-state index in [-0.39, 0.29) is 23.8 Å². The summed E-state index contributed by atoms with van der Waals surface area (Å²) in [5.41, 5.74) is 0. The normalized spacial score (nSPS) is 24.9. The first-order valence-corrected chi connectivity index (χ1v) is 9.19. The largest absolute Gasteiger partial charge is 0.391 e. The van der Waals surface area contributed by atoms with Crippen LogP contribution in [0.4, 0.5) is 0 Å². The Morgan fingerprint density at radius 2 is 1.83 bits per heavy atom. The molecule has 2 aliphatic rings. The van der Waals surface area contributed by atoms with Crippen LogP contribution in [0.2, 0.25) is 0 Å². The van der Waals surface area contributed by atoms with Crippen molar-refractivity contribution in [1.29, 1.82) is 0 Å². The highest BCUT2D eigenvalue weighted by Crippen LogP contribution is 2.29. The van der Waals surface area contributed by atoms with E-state index in [2.05, 4.69) is 19.2 Å². The fraction of sp³-hybridized carbons (Fsp3) is 0.889. The van der Waals surface area contributed by atoms with Gasteiger partial charge in [-0.2, -0.15) is 0 Å². The SMILES string of the molecule is CC(C)CC1CCCCCN1C(=O)C(NC(=O)C1CC1)C(C)O. The maximum absolute atomic E-state index is 13.0. The van der Waals surface area contributed by atoms with Gasteiger partial charge in [0, 0.05) is 18.5 Å². The molecule has 132 valence electrons. The third kappa shape index (κ3) is 5.20. The molecule has 1 aliphatic carbocycles. The minimum atomic E-state index is -0.867. The van der Waals surface area contributed by atoms with Gasteiger partial charge in [-0.05, 0) is 44.9 Å². The van der Waals surface area contributed by atoms with Gasteiger partial charge in [-0.1, -0.05) is 26.7 Å². The summed E-state index contributed by atoms with van der Waals surface area (Å²) in [6.07, 6.45) is 6.22.